The smallest absolute Gasteiger partial charge is 0.274 e. The van der Waals surface area contributed by atoms with Gasteiger partial charge in [0, 0.05) is 32.5 Å². The third-order valence-corrected chi connectivity index (χ3v) is 7.10. The second-order valence-electron chi connectivity index (χ2n) is 9.13. The van der Waals surface area contributed by atoms with Crippen molar-refractivity contribution in [3.05, 3.63) is 46.5 Å². The highest BCUT2D eigenvalue weighted by molar-refractivity contribution is 6.00. The van der Waals surface area contributed by atoms with Crippen molar-refractivity contribution < 1.29 is 13.9 Å². The van der Waals surface area contributed by atoms with E-state index in [1.807, 2.05) is 6.92 Å². The number of rotatable bonds is 7. The zero-order valence-corrected chi connectivity index (χ0v) is 19.3. The van der Waals surface area contributed by atoms with Crippen LogP contribution in [0.5, 0.6) is 0 Å². The molecular formula is C23H28FN7O3. The lowest BCUT2D eigenvalue weighted by atomic mass is 9.76. The minimum Gasteiger partial charge on any atom is -0.376 e. The molecule has 0 saturated heterocycles. The number of aromatic nitrogens is 4. The first-order chi connectivity index (χ1) is 16.3. The molecule has 2 atom stereocenters. The van der Waals surface area contributed by atoms with Crippen LogP contribution in [-0.2, 0) is 4.74 Å². The molecule has 2 aliphatic rings. The molecule has 1 unspecified atom stereocenters. The lowest BCUT2D eigenvalue weighted by Crippen LogP contribution is -2.59. The number of carbonyl (C=O) groups excluding carboxylic acids is 1. The van der Waals surface area contributed by atoms with Crippen molar-refractivity contribution in [2.75, 3.05) is 24.8 Å². The summed E-state index contributed by atoms with van der Waals surface area (Å²) in [6, 6.07) is 4.87. The van der Waals surface area contributed by atoms with Crippen LogP contribution in [0.15, 0.2) is 35.4 Å². The molecule has 0 radical (unpaired) electrons. The average Bonchev–Trinajstić information content (AvgIpc) is 3.24. The van der Waals surface area contributed by atoms with Crippen LogP contribution in [0, 0.1) is 0 Å². The molecule has 10 nitrogen and oxygen atoms in total. The fraction of sp³-hybridized carbons (Fsp3) is 0.478. The maximum Gasteiger partial charge on any atom is 0.274 e. The minimum atomic E-state index is -0.857. The second kappa shape index (κ2) is 8.39. The summed E-state index contributed by atoms with van der Waals surface area (Å²) in [4.78, 5) is 30.6. The number of alkyl halides is 1. The lowest BCUT2D eigenvalue weighted by Gasteiger charge is -2.45. The molecule has 3 aromatic rings. The van der Waals surface area contributed by atoms with Gasteiger partial charge in [-0.1, -0.05) is 0 Å². The van der Waals surface area contributed by atoms with Crippen molar-refractivity contribution >= 4 is 28.9 Å². The number of carbonyl (C=O) groups is 1. The highest BCUT2D eigenvalue weighted by atomic mass is 19.1. The van der Waals surface area contributed by atoms with Gasteiger partial charge in [-0.3, -0.25) is 9.59 Å². The van der Waals surface area contributed by atoms with Gasteiger partial charge in [-0.05, 0) is 44.7 Å². The molecule has 0 aromatic carbocycles. The lowest BCUT2D eigenvalue weighted by molar-refractivity contribution is -0.0828. The number of methoxy groups -OCH3 is 1. The van der Waals surface area contributed by atoms with E-state index >= 15 is 0 Å². The molecule has 180 valence electrons. The number of hydrogen-bond donors (Lipinski definition) is 3. The van der Waals surface area contributed by atoms with E-state index in [2.05, 4.69) is 26.0 Å². The monoisotopic (exact) mass is 469 g/mol. The average molecular weight is 470 g/mol. The molecule has 11 heteroatoms. The van der Waals surface area contributed by atoms with Crippen molar-refractivity contribution in [2.24, 2.45) is 0 Å². The van der Waals surface area contributed by atoms with Crippen LogP contribution in [0.25, 0.3) is 5.65 Å². The molecule has 0 spiro atoms. The number of ether oxygens (including phenoxy) is 1. The Morgan fingerprint density at radius 2 is 2.15 bits per heavy atom. The first-order valence-electron chi connectivity index (χ1n) is 11.4. The molecule has 2 saturated carbocycles. The molecule has 2 fully saturated rings. The van der Waals surface area contributed by atoms with Crippen molar-refractivity contribution in [1.29, 1.82) is 0 Å². The minimum absolute atomic E-state index is 0.0942. The number of nitrogens with one attached hydrogen (secondary N) is 3. The number of nitrogens with zero attached hydrogens (tertiary/aromatic N) is 4. The van der Waals surface area contributed by atoms with Gasteiger partial charge in [-0.25, -0.2) is 9.37 Å². The van der Waals surface area contributed by atoms with E-state index in [9.17, 15) is 14.0 Å². The maximum atomic E-state index is 13.3. The summed E-state index contributed by atoms with van der Waals surface area (Å²) in [5.41, 5.74) is 0.354. The van der Waals surface area contributed by atoms with Crippen LogP contribution in [0.1, 0.15) is 49.0 Å². The Bertz CT molecular complexity index is 1300. The first kappa shape index (κ1) is 22.3. The Morgan fingerprint density at radius 3 is 2.79 bits per heavy atom. The predicted octanol–water partition coefficient (Wildman–Crippen LogP) is 2.65. The summed E-state index contributed by atoms with van der Waals surface area (Å²) in [7, 11) is 3.38. The molecule has 34 heavy (non-hydrogen) atoms. The molecule has 2 aliphatic carbocycles. The summed E-state index contributed by atoms with van der Waals surface area (Å²) in [6.07, 6.45) is 4.69. The van der Waals surface area contributed by atoms with Crippen LogP contribution in [0.2, 0.25) is 0 Å². The number of fused-ring (bicyclic) bond motifs is 1. The first-order valence-corrected chi connectivity index (χ1v) is 11.4. The second-order valence-corrected chi connectivity index (χ2v) is 9.13. The number of halogens is 1. The van der Waals surface area contributed by atoms with Crippen LogP contribution in [-0.4, -0.2) is 57.0 Å². The van der Waals surface area contributed by atoms with Crippen molar-refractivity contribution in [3.63, 3.8) is 0 Å². The summed E-state index contributed by atoms with van der Waals surface area (Å²) in [5.74, 6) is 0.679. The quantitative estimate of drug-likeness (QED) is 0.487. The van der Waals surface area contributed by atoms with E-state index in [1.54, 1.807) is 43.1 Å². The van der Waals surface area contributed by atoms with E-state index in [0.717, 1.165) is 12.8 Å². The normalized spacial score (nSPS) is 25.9. The van der Waals surface area contributed by atoms with Crippen LogP contribution >= 0.6 is 0 Å². The number of anilines is 3. The van der Waals surface area contributed by atoms with Gasteiger partial charge in [0.2, 0.25) is 0 Å². The zero-order valence-electron chi connectivity index (χ0n) is 19.3. The van der Waals surface area contributed by atoms with Crippen molar-refractivity contribution in [2.45, 2.75) is 56.5 Å². The van der Waals surface area contributed by atoms with Gasteiger partial charge in [-0.15, -0.1) is 0 Å². The van der Waals surface area contributed by atoms with Gasteiger partial charge in [0.15, 0.2) is 5.65 Å². The highest BCUT2D eigenvalue weighted by Crippen LogP contribution is 2.35. The summed E-state index contributed by atoms with van der Waals surface area (Å²) >= 11 is 0. The molecule has 0 bridgehead atoms. The van der Waals surface area contributed by atoms with Gasteiger partial charge in [0.25, 0.3) is 11.5 Å². The molecule has 3 heterocycles. The van der Waals surface area contributed by atoms with Gasteiger partial charge in [-0.2, -0.15) is 9.61 Å². The summed E-state index contributed by atoms with van der Waals surface area (Å²) in [5, 5.41) is 13.4. The summed E-state index contributed by atoms with van der Waals surface area (Å²) in [6.45, 7) is 1.97. The fourth-order valence-corrected chi connectivity index (χ4v) is 4.54. The highest BCUT2D eigenvalue weighted by Gasteiger charge is 2.44. The van der Waals surface area contributed by atoms with E-state index in [0.29, 0.717) is 41.4 Å². The standard InChI is InChI=1S/C23H28FN7O3/c1-23(34-3)7-6-17(23)28-21(32)15-12-26-31-19(25-2)11-18(29-20(15)31)27-16-5-4-8-30(22(16)33)14-9-13(24)10-14/h4-5,8,11-14,17,25H,6-7,9-10H2,1-3H3,(H,27,29)(H,28,32)/t13-,14-,17?,23-/m0/s1. The van der Waals surface area contributed by atoms with Crippen molar-refractivity contribution in [3.8, 4) is 0 Å². The number of hydrogen-bond acceptors (Lipinski definition) is 7. The Labute approximate surface area is 195 Å². The van der Waals surface area contributed by atoms with E-state index < -0.39 is 6.17 Å². The Kier molecular flexibility index (Phi) is 5.51. The van der Waals surface area contributed by atoms with Gasteiger partial charge >= 0.3 is 0 Å². The Balaban J connectivity index is 1.45. The van der Waals surface area contributed by atoms with Crippen molar-refractivity contribution in [1.82, 2.24) is 24.5 Å². The van der Waals surface area contributed by atoms with E-state index in [1.165, 1.54) is 10.7 Å². The molecule has 3 N–H and O–H groups in total. The maximum absolute atomic E-state index is 13.3. The molecule has 3 aromatic heterocycles. The van der Waals surface area contributed by atoms with Gasteiger partial charge in [0.1, 0.15) is 29.1 Å². The molecule has 0 aliphatic heterocycles. The zero-order chi connectivity index (χ0) is 24.0. The molecular weight excluding hydrogens is 441 g/mol. The topological polar surface area (TPSA) is 115 Å². The predicted molar refractivity (Wildman–Crippen MR) is 126 cm³/mol. The molecule has 1 amide bonds. The van der Waals surface area contributed by atoms with Gasteiger partial charge in [0.05, 0.1) is 17.8 Å². The van der Waals surface area contributed by atoms with Crippen LogP contribution in [0.3, 0.4) is 0 Å². The third-order valence-electron chi connectivity index (χ3n) is 7.10. The number of pyridine rings is 1. The SMILES string of the molecule is CNc1cc(Nc2cccn([C@H]3C[C@H](F)C3)c2=O)nc2c(C(=O)NC3CC[C@]3(C)OC)cnn12. The van der Waals surface area contributed by atoms with E-state index in [-0.39, 0.29) is 29.2 Å². The Hall–Kier alpha value is -3.47. The van der Waals surface area contributed by atoms with Gasteiger partial charge < -0.3 is 25.3 Å². The third kappa shape index (κ3) is 3.69. The Morgan fingerprint density at radius 1 is 1.35 bits per heavy atom. The summed E-state index contributed by atoms with van der Waals surface area (Å²) < 4.78 is 21.9. The molecule has 5 rings (SSSR count). The van der Waals surface area contributed by atoms with Crippen LogP contribution < -0.4 is 21.5 Å². The van der Waals surface area contributed by atoms with Crippen LogP contribution in [0.4, 0.5) is 21.7 Å². The fourth-order valence-electron chi connectivity index (χ4n) is 4.54. The number of amides is 1. The largest absolute Gasteiger partial charge is 0.376 e. The van der Waals surface area contributed by atoms with E-state index in [4.69, 9.17) is 4.74 Å².